The van der Waals surface area contributed by atoms with Crippen molar-refractivity contribution in [1.29, 1.82) is 0 Å². The number of aliphatic hydroxyl groups is 1. The van der Waals surface area contributed by atoms with Gasteiger partial charge in [0.05, 0.1) is 6.21 Å². The highest BCUT2D eigenvalue weighted by atomic mass is 16.6. The van der Waals surface area contributed by atoms with E-state index in [1.165, 1.54) is 44.1 Å². The van der Waals surface area contributed by atoms with Crippen molar-refractivity contribution in [3.8, 4) is 0 Å². The van der Waals surface area contributed by atoms with Gasteiger partial charge >= 0.3 is 0 Å². The number of likely N-dealkylation sites (N-methyl/N-ethyl adjacent to an activating group) is 1. The van der Waals surface area contributed by atoms with Crippen LogP contribution in [0.25, 0.3) is 0 Å². The minimum atomic E-state index is -0.934. The zero-order valence-corrected chi connectivity index (χ0v) is 18.4. The van der Waals surface area contributed by atoms with Gasteiger partial charge in [0, 0.05) is 6.54 Å². The normalized spacial score (nSPS) is 45.5. The van der Waals surface area contributed by atoms with Gasteiger partial charge < -0.3 is 14.8 Å². The third-order valence-electron chi connectivity index (χ3n) is 8.97. The van der Waals surface area contributed by atoms with Gasteiger partial charge in [0.15, 0.2) is 0 Å². The van der Waals surface area contributed by atoms with Crippen LogP contribution in [0, 0.1) is 28.6 Å². The molecule has 0 aromatic heterocycles. The van der Waals surface area contributed by atoms with Crippen molar-refractivity contribution < 1.29 is 9.94 Å². The molecule has 4 rings (SSSR count). The molecule has 158 valence electrons. The molecule has 0 bridgehead atoms. The van der Waals surface area contributed by atoms with Crippen molar-refractivity contribution in [2.24, 2.45) is 33.7 Å². The SMILES string of the molecule is CN(C)CCON=CC1(O)C=C2CC[C@@H]3[C@@H](CC[C@]4(C)CCC[C@@H]34)[C@@]2(C)CC1. The zero-order valence-electron chi connectivity index (χ0n) is 18.4. The molecule has 0 aromatic carbocycles. The van der Waals surface area contributed by atoms with Crippen LogP contribution < -0.4 is 0 Å². The molecule has 4 aliphatic rings. The van der Waals surface area contributed by atoms with Crippen molar-refractivity contribution in [3.63, 3.8) is 0 Å². The lowest BCUT2D eigenvalue weighted by Crippen LogP contribution is -2.51. The van der Waals surface area contributed by atoms with Gasteiger partial charge in [-0.2, -0.15) is 0 Å². The first-order chi connectivity index (χ1) is 13.3. The Balaban J connectivity index is 1.47. The number of hydrogen-bond acceptors (Lipinski definition) is 4. The molecule has 3 saturated carbocycles. The van der Waals surface area contributed by atoms with Crippen LogP contribution in [0.1, 0.15) is 71.6 Å². The predicted molar refractivity (Wildman–Crippen MR) is 114 cm³/mol. The van der Waals surface area contributed by atoms with Gasteiger partial charge in [-0.25, -0.2) is 0 Å². The van der Waals surface area contributed by atoms with E-state index in [9.17, 15) is 5.11 Å². The molecule has 0 aliphatic heterocycles. The van der Waals surface area contributed by atoms with Crippen LogP contribution in [0.15, 0.2) is 16.8 Å². The van der Waals surface area contributed by atoms with Crippen LogP contribution in [0.5, 0.6) is 0 Å². The molecule has 28 heavy (non-hydrogen) atoms. The fourth-order valence-electron chi connectivity index (χ4n) is 7.24. The van der Waals surface area contributed by atoms with E-state index in [1.54, 1.807) is 6.21 Å². The summed E-state index contributed by atoms with van der Waals surface area (Å²) in [5.41, 5.74) is 1.45. The quantitative estimate of drug-likeness (QED) is 0.323. The average Bonchev–Trinajstić information content (AvgIpc) is 3.04. The molecule has 0 amide bonds. The van der Waals surface area contributed by atoms with Crippen molar-refractivity contribution in [2.45, 2.75) is 77.2 Å². The molecule has 3 fully saturated rings. The largest absolute Gasteiger partial charge is 0.395 e. The van der Waals surface area contributed by atoms with E-state index in [0.717, 1.165) is 43.6 Å². The van der Waals surface area contributed by atoms with E-state index in [2.05, 4.69) is 30.0 Å². The summed E-state index contributed by atoms with van der Waals surface area (Å²) in [7, 11) is 4.03. The summed E-state index contributed by atoms with van der Waals surface area (Å²) in [6, 6.07) is 0. The van der Waals surface area contributed by atoms with Gasteiger partial charge in [-0.15, -0.1) is 0 Å². The summed E-state index contributed by atoms with van der Waals surface area (Å²) in [5.74, 6) is 2.65. The lowest BCUT2D eigenvalue weighted by Gasteiger charge is -2.58. The number of oxime groups is 1. The standard InChI is InChI=1S/C24H40N2O2/c1-22-10-5-6-20(22)19-8-7-18-16-24(27,17-25-28-15-14-26(3)4)13-12-23(18,2)21(19)9-11-22/h16-17,19-21,27H,5-15H2,1-4H3/t19-,20-,21+,22-,23-,24?/m0/s1. The highest BCUT2D eigenvalue weighted by molar-refractivity contribution is 5.71. The molecular formula is C24H40N2O2. The van der Waals surface area contributed by atoms with Crippen LogP contribution in [-0.4, -0.2) is 49.1 Å². The highest BCUT2D eigenvalue weighted by Crippen LogP contribution is 2.65. The number of rotatable bonds is 5. The molecule has 0 spiro atoms. The van der Waals surface area contributed by atoms with Crippen molar-refractivity contribution >= 4 is 6.21 Å². The summed E-state index contributed by atoms with van der Waals surface area (Å²) >= 11 is 0. The first-order valence-electron chi connectivity index (χ1n) is 11.5. The maximum Gasteiger partial charge on any atom is 0.129 e. The Hall–Kier alpha value is -0.870. The van der Waals surface area contributed by atoms with Gasteiger partial charge in [0.25, 0.3) is 0 Å². The Bertz CT molecular complexity index is 645. The first kappa shape index (κ1) is 20.4. The van der Waals surface area contributed by atoms with E-state index in [1.807, 2.05) is 14.1 Å². The molecule has 0 saturated heterocycles. The second-order valence-corrected chi connectivity index (χ2v) is 10.9. The Morgan fingerprint density at radius 1 is 1.14 bits per heavy atom. The second-order valence-electron chi connectivity index (χ2n) is 10.9. The monoisotopic (exact) mass is 388 g/mol. The summed E-state index contributed by atoms with van der Waals surface area (Å²) in [5, 5.41) is 15.2. The van der Waals surface area contributed by atoms with Gasteiger partial charge in [-0.3, -0.25) is 0 Å². The van der Waals surface area contributed by atoms with Crippen LogP contribution in [0.4, 0.5) is 0 Å². The van der Waals surface area contributed by atoms with E-state index in [-0.39, 0.29) is 5.41 Å². The molecule has 6 atom stereocenters. The zero-order chi connectivity index (χ0) is 20.0. The van der Waals surface area contributed by atoms with Crippen LogP contribution in [-0.2, 0) is 4.84 Å². The van der Waals surface area contributed by atoms with Crippen molar-refractivity contribution in [3.05, 3.63) is 11.6 Å². The third kappa shape index (κ3) is 3.56. The Labute approximate surface area is 171 Å². The molecular weight excluding hydrogens is 348 g/mol. The van der Waals surface area contributed by atoms with Crippen LogP contribution >= 0.6 is 0 Å². The van der Waals surface area contributed by atoms with E-state index < -0.39 is 5.60 Å². The topological polar surface area (TPSA) is 45.1 Å². The number of hydrogen-bond donors (Lipinski definition) is 1. The molecule has 4 aliphatic carbocycles. The van der Waals surface area contributed by atoms with Gasteiger partial charge in [0.1, 0.15) is 12.2 Å². The Kier molecular flexibility index (Phi) is 5.41. The van der Waals surface area contributed by atoms with Gasteiger partial charge in [-0.05, 0) is 100 Å². The van der Waals surface area contributed by atoms with Crippen molar-refractivity contribution in [2.75, 3.05) is 27.2 Å². The molecule has 0 heterocycles. The molecule has 4 nitrogen and oxygen atoms in total. The molecule has 0 radical (unpaired) electrons. The number of allylic oxidation sites excluding steroid dienone is 1. The van der Waals surface area contributed by atoms with E-state index in [0.29, 0.717) is 12.0 Å². The minimum Gasteiger partial charge on any atom is -0.395 e. The fraction of sp³-hybridized carbons (Fsp3) is 0.875. The number of nitrogens with zero attached hydrogens (tertiary/aromatic N) is 2. The molecule has 1 unspecified atom stereocenters. The summed E-state index contributed by atoms with van der Waals surface area (Å²) in [6.07, 6.45) is 15.2. The van der Waals surface area contributed by atoms with E-state index in [4.69, 9.17) is 4.84 Å². The van der Waals surface area contributed by atoms with Crippen molar-refractivity contribution in [1.82, 2.24) is 4.90 Å². The van der Waals surface area contributed by atoms with Crippen LogP contribution in [0.2, 0.25) is 0 Å². The Morgan fingerprint density at radius 3 is 2.75 bits per heavy atom. The fourth-order valence-corrected chi connectivity index (χ4v) is 7.24. The summed E-state index contributed by atoms with van der Waals surface area (Å²) in [6.45, 7) is 6.45. The summed E-state index contributed by atoms with van der Waals surface area (Å²) < 4.78 is 0. The lowest BCUT2D eigenvalue weighted by molar-refractivity contribution is -0.0444. The molecule has 1 N–H and O–H groups in total. The van der Waals surface area contributed by atoms with Crippen LogP contribution in [0.3, 0.4) is 0 Å². The third-order valence-corrected chi connectivity index (χ3v) is 8.97. The number of fused-ring (bicyclic) bond motifs is 5. The van der Waals surface area contributed by atoms with E-state index >= 15 is 0 Å². The maximum absolute atomic E-state index is 11.1. The second kappa shape index (κ2) is 7.43. The molecule has 4 heteroatoms. The first-order valence-corrected chi connectivity index (χ1v) is 11.5. The van der Waals surface area contributed by atoms with Gasteiger partial charge in [0.2, 0.25) is 0 Å². The average molecular weight is 389 g/mol. The highest BCUT2D eigenvalue weighted by Gasteiger charge is 2.56. The Morgan fingerprint density at radius 2 is 1.96 bits per heavy atom. The minimum absolute atomic E-state index is 0.276. The lowest BCUT2D eigenvalue weighted by atomic mass is 9.47. The summed E-state index contributed by atoms with van der Waals surface area (Å²) in [4.78, 5) is 7.42. The maximum atomic E-state index is 11.1. The predicted octanol–water partition coefficient (Wildman–Crippen LogP) is 4.63. The van der Waals surface area contributed by atoms with Gasteiger partial charge in [-0.1, -0.05) is 31.0 Å². The molecule has 0 aromatic rings. The smallest absolute Gasteiger partial charge is 0.129 e.